The van der Waals surface area contributed by atoms with Crippen LogP contribution in [0.2, 0.25) is 0 Å². The van der Waals surface area contributed by atoms with Crippen molar-refractivity contribution < 1.29 is 9.31 Å². The first-order valence-corrected chi connectivity index (χ1v) is 2.87. The number of nitrogens with zero attached hydrogens (tertiary/aromatic N) is 1. The lowest BCUT2D eigenvalue weighted by Gasteiger charge is -1.93. The Hall–Kier alpha value is -1.45. The minimum Gasteiger partial charge on any atom is -0.258 e. The van der Waals surface area contributed by atoms with Gasteiger partial charge in [-0.2, -0.15) is 4.39 Å². The molecule has 0 saturated carbocycles. The normalized spacial score (nSPS) is 9.64. The fraction of sp³-hybridized carbons (Fsp3) is 0. The SMILES string of the molecule is [CH2]c1ccc([N+](=O)[O-])c(F)c1. The van der Waals surface area contributed by atoms with Gasteiger partial charge in [-0.15, -0.1) is 0 Å². The second-order valence-corrected chi connectivity index (χ2v) is 2.04. The van der Waals surface area contributed by atoms with Crippen molar-refractivity contribution in [3.05, 3.63) is 46.6 Å². The van der Waals surface area contributed by atoms with E-state index < -0.39 is 16.4 Å². The molecule has 1 radical (unpaired) electrons. The van der Waals surface area contributed by atoms with Gasteiger partial charge in [0.15, 0.2) is 0 Å². The maximum atomic E-state index is 12.6. The molecular weight excluding hydrogens is 149 g/mol. The van der Waals surface area contributed by atoms with E-state index in [0.29, 0.717) is 5.56 Å². The van der Waals surface area contributed by atoms with E-state index in [4.69, 9.17) is 0 Å². The van der Waals surface area contributed by atoms with Crippen molar-refractivity contribution in [3.8, 4) is 0 Å². The molecule has 0 amide bonds. The minimum atomic E-state index is -0.845. The lowest BCUT2D eigenvalue weighted by molar-refractivity contribution is -0.387. The van der Waals surface area contributed by atoms with Crippen molar-refractivity contribution in [1.29, 1.82) is 0 Å². The zero-order valence-electron chi connectivity index (χ0n) is 5.58. The van der Waals surface area contributed by atoms with Crippen molar-refractivity contribution in [3.63, 3.8) is 0 Å². The van der Waals surface area contributed by atoms with E-state index in [2.05, 4.69) is 6.92 Å². The first-order valence-electron chi connectivity index (χ1n) is 2.87. The van der Waals surface area contributed by atoms with Gasteiger partial charge in [0, 0.05) is 6.07 Å². The Kier molecular flexibility index (Phi) is 1.85. The Labute approximate surface area is 62.6 Å². The minimum absolute atomic E-state index is 0.424. The second-order valence-electron chi connectivity index (χ2n) is 2.04. The summed E-state index contributed by atoms with van der Waals surface area (Å²) in [5.41, 5.74) is -0.0921. The van der Waals surface area contributed by atoms with Crippen LogP contribution < -0.4 is 0 Å². The molecule has 0 spiro atoms. The fourth-order valence-corrected chi connectivity index (χ4v) is 0.698. The van der Waals surface area contributed by atoms with Gasteiger partial charge >= 0.3 is 5.69 Å². The molecule has 1 aromatic carbocycles. The van der Waals surface area contributed by atoms with Crippen LogP contribution in [0.4, 0.5) is 10.1 Å². The second kappa shape index (κ2) is 2.65. The third-order valence-corrected chi connectivity index (χ3v) is 1.21. The molecule has 0 saturated heterocycles. The molecule has 0 atom stereocenters. The quantitative estimate of drug-likeness (QED) is 0.458. The Morgan fingerprint density at radius 2 is 2.18 bits per heavy atom. The van der Waals surface area contributed by atoms with E-state index in [0.717, 1.165) is 12.1 Å². The van der Waals surface area contributed by atoms with Crippen molar-refractivity contribution in [2.75, 3.05) is 0 Å². The Morgan fingerprint density at radius 3 is 2.64 bits per heavy atom. The average molecular weight is 154 g/mol. The van der Waals surface area contributed by atoms with Crippen molar-refractivity contribution >= 4 is 5.69 Å². The van der Waals surface area contributed by atoms with E-state index >= 15 is 0 Å². The summed E-state index contributed by atoms with van der Waals surface area (Å²) >= 11 is 0. The highest BCUT2D eigenvalue weighted by atomic mass is 19.1. The molecule has 11 heavy (non-hydrogen) atoms. The Balaban J connectivity index is 3.20. The van der Waals surface area contributed by atoms with Gasteiger partial charge in [-0.3, -0.25) is 10.1 Å². The molecule has 0 aliphatic rings. The molecule has 0 fully saturated rings. The molecule has 0 N–H and O–H groups in total. The first kappa shape index (κ1) is 7.65. The maximum absolute atomic E-state index is 12.6. The van der Waals surface area contributed by atoms with Crippen LogP contribution in [0.3, 0.4) is 0 Å². The molecule has 1 rings (SSSR count). The van der Waals surface area contributed by atoms with E-state index in [9.17, 15) is 14.5 Å². The summed E-state index contributed by atoms with van der Waals surface area (Å²) in [4.78, 5) is 9.31. The Morgan fingerprint density at radius 1 is 1.55 bits per heavy atom. The lowest BCUT2D eigenvalue weighted by atomic mass is 10.2. The van der Waals surface area contributed by atoms with Gasteiger partial charge in [0.2, 0.25) is 5.82 Å². The largest absolute Gasteiger partial charge is 0.304 e. The van der Waals surface area contributed by atoms with Crippen LogP contribution in [-0.4, -0.2) is 4.92 Å². The van der Waals surface area contributed by atoms with E-state index in [1.165, 1.54) is 6.07 Å². The number of halogens is 1. The van der Waals surface area contributed by atoms with Gasteiger partial charge < -0.3 is 0 Å². The summed E-state index contributed by atoms with van der Waals surface area (Å²) in [6.45, 7) is 3.42. The molecule has 0 bridgehead atoms. The molecule has 0 heterocycles. The molecule has 1 aromatic rings. The van der Waals surface area contributed by atoms with Crippen LogP contribution in [0.15, 0.2) is 18.2 Å². The predicted octanol–water partition coefficient (Wildman–Crippen LogP) is 1.92. The van der Waals surface area contributed by atoms with Crippen molar-refractivity contribution in [2.45, 2.75) is 0 Å². The van der Waals surface area contributed by atoms with Crippen LogP contribution in [0, 0.1) is 22.9 Å². The predicted molar refractivity (Wildman–Crippen MR) is 37.5 cm³/mol. The van der Waals surface area contributed by atoms with Crippen LogP contribution in [-0.2, 0) is 0 Å². The summed E-state index contributed by atoms with van der Waals surface area (Å²) in [5.74, 6) is -0.845. The highest BCUT2D eigenvalue weighted by Crippen LogP contribution is 2.16. The van der Waals surface area contributed by atoms with E-state index in [1.54, 1.807) is 0 Å². The standard InChI is InChI=1S/C7H5FNO2/c1-5-2-3-7(9(10)11)6(8)4-5/h2-4H,1H2. The van der Waals surface area contributed by atoms with Crippen molar-refractivity contribution in [1.82, 2.24) is 0 Å². The molecule has 3 nitrogen and oxygen atoms in total. The number of benzene rings is 1. The van der Waals surface area contributed by atoms with Crippen LogP contribution in [0.5, 0.6) is 0 Å². The summed E-state index contributed by atoms with van der Waals surface area (Å²) in [7, 11) is 0. The summed E-state index contributed by atoms with van der Waals surface area (Å²) in [6.07, 6.45) is 0. The van der Waals surface area contributed by atoms with Gasteiger partial charge in [-0.25, -0.2) is 0 Å². The van der Waals surface area contributed by atoms with Crippen molar-refractivity contribution in [2.24, 2.45) is 0 Å². The zero-order chi connectivity index (χ0) is 8.43. The third-order valence-electron chi connectivity index (χ3n) is 1.21. The molecule has 0 unspecified atom stereocenters. The monoisotopic (exact) mass is 154 g/mol. The number of nitro benzene ring substituents is 1. The van der Waals surface area contributed by atoms with Gasteiger partial charge in [-0.05, 0) is 18.6 Å². The zero-order valence-corrected chi connectivity index (χ0v) is 5.58. The smallest absolute Gasteiger partial charge is 0.258 e. The number of hydrogen-bond donors (Lipinski definition) is 0. The average Bonchev–Trinajstić information content (AvgIpc) is 1.85. The number of nitro groups is 1. The molecular formula is C7H5FNO2. The van der Waals surface area contributed by atoms with Crippen LogP contribution in [0.25, 0.3) is 0 Å². The van der Waals surface area contributed by atoms with E-state index in [1.807, 2.05) is 0 Å². The maximum Gasteiger partial charge on any atom is 0.304 e. The van der Waals surface area contributed by atoms with Gasteiger partial charge in [0.25, 0.3) is 0 Å². The molecule has 4 heteroatoms. The van der Waals surface area contributed by atoms with Gasteiger partial charge in [-0.1, -0.05) is 6.07 Å². The highest BCUT2D eigenvalue weighted by Gasteiger charge is 2.11. The van der Waals surface area contributed by atoms with Crippen LogP contribution >= 0.6 is 0 Å². The molecule has 0 aliphatic carbocycles. The highest BCUT2D eigenvalue weighted by molar-refractivity contribution is 5.35. The van der Waals surface area contributed by atoms with Crippen LogP contribution in [0.1, 0.15) is 5.56 Å². The molecule has 57 valence electrons. The first-order chi connectivity index (χ1) is 5.11. The Bertz CT molecular complexity index is 298. The molecule has 0 aliphatic heterocycles. The van der Waals surface area contributed by atoms with Gasteiger partial charge in [0.05, 0.1) is 4.92 Å². The molecule has 0 aromatic heterocycles. The third kappa shape index (κ3) is 1.52. The lowest BCUT2D eigenvalue weighted by Crippen LogP contribution is -1.91. The summed E-state index contributed by atoms with van der Waals surface area (Å²) in [5, 5.41) is 10.1. The number of rotatable bonds is 1. The summed E-state index contributed by atoms with van der Waals surface area (Å²) in [6, 6.07) is 3.51. The topological polar surface area (TPSA) is 43.1 Å². The van der Waals surface area contributed by atoms with E-state index in [-0.39, 0.29) is 0 Å². The number of hydrogen-bond acceptors (Lipinski definition) is 2. The summed E-state index contributed by atoms with van der Waals surface area (Å²) < 4.78 is 12.6. The fourth-order valence-electron chi connectivity index (χ4n) is 0.698. The van der Waals surface area contributed by atoms with Gasteiger partial charge in [0.1, 0.15) is 0 Å².